The third-order valence-corrected chi connectivity index (χ3v) is 2.12. The fourth-order valence-corrected chi connectivity index (χ4v) is 1.44. The van der Waals surface area contributed by atoms with Crippen LogP contribution in [0.4, 0.5) is 5.82 Å². The van der Waals surface area contributed by atoms with Crippen LogP contribution in [0.15, 0.2) is 12.3 Å². The Labute approximate surface area is 71.1 Å². The third-order valence-electron chi connectivity index (χ3n) is 2.12. The number of nitrogens with two attached hydrogens (primary N) is 1. The molecule has 0 spiro atoms. The maximum absolute atomic E-state index is 5.25. The summed E-state index contributed by atoms with van der Waals surface area (Å²) in [4.78, 5) is 4.15. The van der Waals surface area contributed by atoms with Crippen LogP contribution in [-0.4, -0.2) is 11.5 Å². The smallest absolute Gasteiger partial charge is 0.140 e. The van der Waals surface area contributed by atoms with E-state index >= 15 is 0 Å². The number of hydrogen-bond donors (Lipinski definition) is 3. The molecule has 0 aromatic carbocycles. The Balaban J connectivity index is 2.36. The van der Waals surface area contributed by atoms with Gasteiger partial charge in [-0.05, 0) is 30.2 Å². The minimum absolute atomic E-state index is 0.734. The molecule has 1 aliphatic rings. The van der Waals surface area contributed by atoms with E-state index in [2.05, 4.69) is 15.7 Å². The van der Waals surface area contributed by atoms with Crippen molar-refractivity contribution < 1.29 is 0 Å². The summed E-state index contributed by atoms with van der Waals surface area (Å²) >= 11 is 0. The van der Waals surface area contributed by atoms with E-state index in [-0.39, 0.29) is 0 Å². The van der Waals surface area contributed by atoms with Crippen LogP contribution >= 0.6 is 0 Å². The van der Waals surface area contributed by atoms with Crippen LogP contribution in [0, 0.1) is 0 Å². The van der Waals surface area contributed by atoms with Gasteiger partial charge < -0.3 is 10.7 Å². The number of pyridine rings is 1. The zero-order chi connectivity index (χ0) is 8.39. The second-order valence-corrected chi connectivity index (χ2v) is 2.91. The Morgan fingerprint density at radius 1 is 1.50 bits per heavy atom. The van der Waals surface area contributed by atoms with E-state index in [0.717, 1.165) is 25.3 Å². The van der Waals surface area contributed by atoms with Crippen molar-refractivity contribution >= 4 is 5.82 Å². The maximum Gasteiger partial charge on any atom is 0.140 e. The van der Waals surface area contributed by atoms with Gasteiger partial charge in [-0.3, -0.25) is 0 Å². The quantitative estimate of drug-likeness (QED) is 0.404. The van der Waals surface area contributed by atoms with Crippen molar-refractivity contribution in [2.75, 3.05) is 12.0 Å². The largest absolute Gasteiger partial charge is 0.312 e. The minimum atomic E-state index is 0.734. The van der Waals surface area contributed by atoms with Gasteiger partial charge in [0.15, 0.2) is 0 Å². The monoisotopic (exact) mass is 164 g/mol. The fraction of sp³-hybridized carbons (Fsp3) is 0.375. The maximum atomic E-state index is 5.25. The van der Waals surface area contributed by atoms with Gasteiger partial charge in [0, 0.05) is 12.7 Å². The average molecular weight is 164 g/mol. The number of hydrazine groups is 1. The summed E-state index contributed by atoms with van der Waals surface area (Å²) in [5.41, 5.74) is 5.16. The van der Waals surface area contributed by atoms with Crippen LogP contribution in [0.2, 0.25) is 0 Å². The Kier molecular flexibility index (Phi) is 1.93. The number of fused-ring (bicyclic) bond motifs is 1. The summed E-state index contributed by atoms with van der Waals surface area (Å²) in [6.07, 6.45) is 2.96. The van der Waals surface area contributed by atoms with Gasteiger partial charge in [-0.1, -0.05) is 0 Å². The summed E-state index contributed by atoms with van der Waals surface area (Å²) in [5, 5.41) is 3.30. The molecule has 0 amide bonds. The number of nitrogen functional groups attached to an aromatic ring is 1. The molecule has 12 heavy (non-hydrogen) atoms. The van der Waals surface area contributed by atoms with Crippen LogP contribution in [0.1, 0.15) is 11.1 Å². The third kappa shape index (κ3) is 1.26. The molecule has 4 heteroatoms. The van der Waals surface area contributed by atoms with Crippen LogP contribution < -0.4 is 16.6 Å². The zero-order valence-corrected chi connectivity index (χ0v) is 6.80. The van der Waals surface area contributed by atoms with Crippen LogP contribution in [-0.2, 0) is 13.0 Å². The van der Waals surface area contributed by atoms with Crippen molar-refractivity contribution in [3.8, 4) is 0 Å². The second kappa shape index (κ2) is 3.08. The number of nitrogens with zero attached hydrogens (tertiary/aromatic N) is 1. The summed E-state index contributed by atoms with van der Waals surface area (Å²) in [5.74, 6) is 5.98. The van der Waals surface area contributed by atoms with Gasteiger partial charge in [0.05, 0.1) is 0 Å². The molecule has 64 valence electrons. The number of nitrogens with one attached hydrogen (secondary N) is 2. The van der Waals surface area contributed by atoms with Crippen LogP contribution in [0.25, 0.3) is 0 Å². The highest BCUT2D eigenvalue weighted by molar-refractivity contribution is 5.40. The Bertz CT molecular complexity index is 284. The Morgan fingerprint density at radius 3 is 3.25 bits per heavy atom. The van der Waals surface area contributed by atoms with Crippen molar-refractivity contribution in [2.24, 2.45) is 5.84 Å². The highest BCUT2D eigenvalue weighted by Crippen LogP contribution is 2.15. The molecule has 0 saturated heterocycles. The first kappa shape index (κ1) is 7.52. The van der Waals surface area contributed by atoms with Gasteiger partial charge in [0.25, 0.3) is 0 Å². The van der Waals surface area contributed by atoms with E-state index in [1.54, 1.807) is 0 Å². The van der Waals surface area contributed by atoms with E-state index in [4.69, 9.17) is 5.84 Å². The zero-order valence-electron chi connectivity index (χ0n) is 6.80. The molecule has 0 radical (unpaired) electrons. The standard InChI is InChI=1S/C8H12N4/c9-12-8-3-7-4-10-2-1-6(7)5-11-8/h3,5,10H,1-2,4,9H2,(H,11,12). The van der Waals surface area contributed by atoms with Crippen molar-refractivity contribution in [3.05, 3.63) is 23.4 Å². The minimum Gasteiger partial charge on any atom is -0.312 e. The van der Waals surface area contributed by atoms with Crippen LogP contribution in [0.5, 0.6) is 0 Å². The highest BCUT2D eigenvalue weighted by atomic mass is 15.2. The molecule has 4 nitrogen and oxygen atoms in total. The number of hydrogen-bond acceptors (Lipinski definition) is 4. The lowest BCUT2D eigenvalue weighted by molar-refractivity contribution is 0.641. The lowest BCUT2D eigenvalue weighted by Crippen LogP contribution is -2.24. The lowest BCUT2D eigenvalue weighted by Gasteiger charge is -2.16. The Hall–Kier alpha value is -1.13. The lowest BCUT2D eigenvalue weighted by atomic mass is 10.0. The molecule has 0 fully saturated rings. The molecule has 1 aromatic rings. The molecule has 2 heterocycles. The van der Waals surface area contributed by atoms with Gasteiger partial charge >= 0.3 is 0 Å². The van der Waals surface area contributed by atoms with E-state index < -0.39 is 0 Å². The topological polar surface area (TPSA) is 63.0 Å². The van der Waals surface area contributed by atoms with E-state index in [1.165, 1.54) is 11.1 Å². The molecule has 0 saturated carbocycles. The van der Waals surface area contributed by atoms with E-state index in [0.29, 0.717) is 0 Å². The first-order valence-electron chi connectivity index (χ1n) is 4.05. The molecular formula is C8H12N4. The molecule has 2 rings (SSSR count). The summed E-state index contributed by atoms with van der Waals surface area (Å²) in [7, 11) is 0. The number of rotatable bonds is 1. The molecule has 1 aliphatic heterocycles. The first-order valence-corrected chi connectivity index (χ1v) is 4.05. The molecule has 0 atom stereocenters. The molecule has 0 unspecified atom stereocenters. The molecule has 0 bridgehead atoms. The predicted molar refractivity (Wildman–Crippen MR) is 47.5 cm³/mol. The first-order chi connectivity index (χ1) is 5.90. The van der Waals surface area contributed by atoms with Crippen molar-refractivity contribution in [1.82, 2.24) is 10.3 Å². The Morgan fingerprint density at radius 2 is 2.42 bits per heavy atom. The predicted octanol–water partition coefficient (Wildman–Crippen LogP) is 0.0129. The molecule has 4 N–H and O–H groups in total. The number of aromatic nitrogens is 1. The summed E-state index contributed by atoms with van der Waals surface area (Å²) < 4.78 is 0. The van der Waals surface area contributed by atoms with Gasteiger partial charge in [0.1, 0.15) is 5.82 Å². The summed E-state index contributed by atoms with van der Waals surface area (Å²) in [6.45, 7) is 1.97. The van der Waals surface area contributed by atoms with E-state index in [1.807, 2.05) is 12.3 Å². The average Bonchev–Trinajstić information content (AvgIpc) is 2.17. The van der Waals surface area contributed by atoms with Crippen molar-refractivity contribution in [1.29, 1.82) is 0 Å². The molecule has 1 aromatic heterocycles. The normalized spacial score (nSPS) is 15.4. The number of anilines is 1. The van der Waals surface area contributed by atoms with Crippen LogP contribution in [0.3, 0.4) is 0 Å². The van der Waals surface area contributed by atoms with Crippen molar-refractivity contribution in [3.63, 3.8) is 0 Å². The summed E-state index contributed by atoms with van der Waals surface area (Å²) in [6, 6.07) is 1.99. The van der Waals surface area contributed by atoms with Gasteiger partial charge in [0.2, 0.25) is 0 Å². The highest BCUT2D eigenvalue weighted by Gasteiger charge is 2.08. The van der Waals surface area contributed by atoms with Gasteiger partial charge in [-0.15, -0.1) is 0 Å². The van der Waals surface area contributed by atoms with Gasteiger partial charge in [-0.25, -0.2) is 10.8 Å². The molecule has 0 aliphatic carbocycles. The SMILES string of the molecule is NNc1cc2c(cn1)CCNC2. The second-order valence-electron chi connectivity index (χ2n) is 2.91. The van der Waals surface area contributed by atoms with Crippen molar-refractivity contribution in [2.45, 2.75) is 13.0 Å². The fourth-order valence-electron chi connectivity index (χ4n) is 1.44. The molecular weight excluding hydrogens is 152 g/mol. The van der Waals surface area contributed by atoms with E-state index in [9.17, 15) is 0 Å². The van der Waals surface area contributed by atoms with Gasteiger partial charge in [-0.2, -0.15) is 0 Å².